The normalized spacial score (nSPS) is 11.3. The Labute approximate surface area is 322 Å². The van der Waals surface area contributed by atoms with Gasteiger partial charge in [0.1, 0.15) is 17.1 Å². The van der Waals surface area contributed by atoms with Crippen molar-refractivity contribution in [3.8, 4) is 28.2 Å². The fraction of sp³-hybridized carbons (Fsp3) is 0.0909. The Kier molecular flexibility index (Phi) is 9.39. The van der Waals surface area contributed by atoms with Crippen LogP contribution in [0.15, 0.2) is 119 Å². The van der Waals surface area contributed by atoms with Crippen molar-refractivity contribution in [2.24, 2.45) is 0 Å². The number of phenols is 1. The standard InChI is InChI=1S/C44H32N4O9/c49-35-11-9-29-39(27-7-1-2-8-28(27)44(55)56)30-10-12-36(50)32(22-48-34-18-24(20-38(53)54)16-26-6-4-14-46-41(26)34)43(30)57-42(29)31(35)21-47-33-17-23(19-37(51)52)15-25-5-3-13-45-40(25)33/h1-18,47-49H,19-22H2,(H,51,52)(H,53,54)(H,55,56). The van der Waals surface area contributed by atoms with Crippen LogP contribution in [0.25, 0.3) is 55.2 Å². The van der Waals surface area contributed by atoms with Crippen molar-refractivity contribution in [1.82, 2.24) is 9.97 Å². The molecule has 0 radical (unpaired) electrons. The second-order valence-corrected chi connectivity index (χ2v) is 13.5. The van der Waals surface area contributed by atoms with Gasteiger partial charge in [0.2, 0.25) is 0 Å². The second-order valence-electron chi connectivity index (χ2n) is 13.5. The average Bonchev–Trinajstić information content (AvgIpc) is 3.18. The predicted octanol–water partition coefficient (Wildman–Crippen LogP) is 7.54. The number of carbonyl (C=O) groups is 3. The van der Waals surface area contributed by atoms with Crippen LogP contribution < -0.4 is 16.1 Å². The number of benzene rings is 5. The molecule has 3 heterocycles. The van der Waals surface area contributed by atoms with E-state index >= 15 is 0 Å². The summed E-state index contributed by atoms with van der Waals surface area (Å²) in [6, 6.07) is 26.5. The lowest BCUT2D eigenvalue weighted by Gasteiger charge is -2.21. The number of phenolic OH excluding ortho intramolecular Hbond substituents is 1. The van der Waals surface area contributed by atoms with Crippen molar-refractivity contribution in [2.75, 3.05) is 10.6 Å². The van der Waals surface area contributed by atoms with Crippen molar-refractivity contribution in [3.63, 3.8) is 0 Å². The summed E-state index contributed by atoms with van der Waals surface area (Å²) in [5, 5.41) is 49.2. The molecule has 4 aromatic carbocycles. The molecular weight excluding hydrogens is 729 g/mol. The molecule has 2 aromatic heterocycles. The molecule has 2 aliphatic rings. The SMILES string of the molecule is O=C(O)Cc1cc(NCc2c3oc4c(CNc5cc(CC(=O)O)cc6cccnc56)c(O)ccc4c(-c4ccccc4C(=O)O)c-3ccc2=O)c2ncccc2c1. The van der Waals surface area contributed by atoms with E-state index in [0.29, 0.717) is 66.4 Å². The number of hydrogen-bond donors (Lipinski definition) is 6. The number of carboxylic acids is 3. The van der Waals surface area contributed by atoms with Gasteiger partial charge in [0.05, 0.1) is 51.9 Å². The Morgan fingerprint density at radius 1 is 0.649 bits per heavy atom. The minimum atomic E-state index is -1.17. The Morgan fingerprint density at radius 2 is 1.25 bits per heavy atom. The maximum atomic E-state index is 13.8. The molecule has 6 aromatic rings. The van der Waals surface area contributed by atoms with Crippen LogP contribution in [0.2, 0.25) is 0 Å². The van der Waals surface area contributed by atoms with Gasteiger partial charge in [-0.15, -0.1) is 0 Å². The third-order valence-corrected chi connectivity index (χ3v) is 9.77. The molecule has 13 heteroatoms. The topological polar surface area (TPSA) is 212 Å². The average molecular weight is 761 g/mol. The zero-order chi connectivity index (χ0) is 39.8. The van der Waals surface area contributed by atoms with E-state index in [1.54, 1.807) is 79.1 Å². The minimum Gasteiger partial charge on any atom is -0.507 e. The molecule has 282 valence electrons. The van der Waals surface area contributed by atoms with Crippen LogP contribution in [-0.4, -0.2) is 48.3 Å². The van der Waals surface area contributed by atoms with Gasteiger partial charge >= 0.3 is 17.9 Å². The van der Waals surface area contributed by atoms with Gasteiger partial charge in [-0.05, 0) is 83.4 Å². The van der Waals surface area contributed by atoms with Gasteiger partial charge in [-0.2, -0.15) is 0 Å². The first-order chi connectivity index (χ1) is 27.5. The van der Waals surface area contributed by atoms with E-state index < -0.39 is 17.9 Å². The van der Waals surface area contributed by atoms with Gasteiger partial charge < -0.3 is 35.5 Å². The zero-order valence-electron chi connectivity index (χ0n) is 29.9. The number of rotatable bonds is 12. The third-order valence-electron chi connectivity index (χ3n) is 9.77. The largest absolute Gasteiger partial charge is 0.507 e. The number of anilines is 2. The number of pyridine rings is 2. The van der Waals surface area contributed by atoms with Crippen LogP contribution in [0.3, 0.4) is 0 Å². The first-order valence-electron chi connectivity index (χ1n) is 17.8. The molecule has 0 fully saturated rings. The van der Waals surface area contributed by atoms with Crippen LogP contribution in [-0.2, 0) is 35.5 Å². The summed E-state index contributed by atoms with van der Waals surface area (Å²) in [5.74, 6) is -3.20. The van der Waals surface area contributed by atoms with Crippen molar-refractivity contribution >= 4 is 62.1 Å². The van der Waals surface area contributed by atoms with Gasteiger partial charge in [0.15, 0.2) is 5.43 Å². The Morgan fingerprint density at radius 3 is 1.84 bits per heavy atom. The Hall–Kier alpha value is -7.80. The number of nitrogens with zero attached hydrogens (tertiary/aromatic N) is 2. The smallest absolute Gasteiger partial charge is 0.336 e. The maximum absolute atomic E-state index is 13.8. The number of carboxylic acid groups (broad SMARTS) is 3. The van der Waals surface area contributed by atoms with E-state index in [1.807, 2.05) is 12.1 Å². The molecule has 0 unspecified atom stereocenters. The molecule has 0 amide bonds. The molecule has 0 atom stereocenters. The van der Waals surface area contributed by atoms with Crippen LogP contribution in [0.1, 0.15) is 32.6 Å². The van der Waals surface area contributed by atoms with Gasteiger partial charge in [-0.1, -0.05) is 30.3 Å². The second kappa shape index (κ2) is 14.8. The highest BCUT2D eigenvalue weighted by Gasteiger charge is 2.27. The van der Waals surface area contributed by atoms with Gasteiger partial charge in [0.25, 0.3) is 0 Å². The quantitative estimate of drug-likeness (QED) is 0.0665. The molecule has 13 nitrogen and oxygen atoms in total. The van der Waals surface area contributed by atoms with Crippen molar-refractivity contribution in [2.45, 2.75) is 25.9 Å². The van der Waals surface area contributed by atoms with E-state index in [4.69, 9.17) is 4.42 Å². The van der Waals surface area contributed by atoms with Crippen LogP contribution >= 0.6 is 0 Å². The maximum Gasteiger partial charge on any atom is 0.336 e. The van der Waals surface area contributed by atoms with Gasteiger partial charge in [0, 0.05) is 52.8 Å². The summed E-state index contributed by atoms with van der Waals surface area (Å²) >= 11 is 0. The third kappa shape index (κ3) is 7.00. The number of fused-ring (bicyclic) bond motifs is 4. The van der Waals surface area contributed by atoms with Gasteiger partial charge in [-0.3, -0.25) is 24.4 Å². The molecule has 0 saturated heterocycles. The van der Waals surface area contributed by atoms with Crippen molar-refractivity contribution in [3.05, 3.63) is 147 Å². The molecular formula is C44H32N4O9. The Balaban J connectivity index is 1.31. The molecule has 0 spiro atoms. The lowest BCUT2D eigenvalue weighted by atomic mass is 9.88. The highest BCUT2D eigenvalue weighted by atomic mass is 16.4. The fourth-order valence-electron chi connectivity index (χ4n) is 7.32. The number of aliphatic carboxylic acids is 2. The first-order valence-corrected chi connectivity index (χ1v) is 17.8. The summed E-state index contributed by atoms with van der Waals surface area (Å²) in [5.41, 5.74) is 4.71. The molecule has 57 heavy (non-hydrogen) atoms. The summed E-state index contributed by atoms with van der Waals surface area (Å²) in [6.07, 6.45) is 2.77. The number of aromatic nitrogens is 2. The van der Waals surface area contributed by atoms with E-state index in [1.165, 1.54) is 18.2 Å². The number of hydrogen-bond acceptors (Lipinski definition) is 10. The lowest BCUT2D eigenvalue weighted by molar-refractivity contribution is -0.137. The van der Waals surface area contributed by atoms with E-state index in [9.17, 15) is 39.6 Å². The summed E-state index contributed by atoms with van der Waals surface area (Å²) in [6.45, 7) is -0.132. The molecule has 0 saturated carbocycles. The summed E-state index contributed by atoms with van der Waals surface area (Å²) in [4.78, 5) is 58.6. The minimum absolute atomic E-state index is 0.00510. The predicted molar refractivity (Wildman–Crippen MR) is 214 cm³/mol. The van der Waals surface area contributed by atoms with E-state index in [2.05, 4.69) is 20.6 Å². The monoisotopic (exact) mass is 760 g/mol. The summed E-state index contributed by atoms with van der Waals surface area (Å²) < 4.78 is 6.66. The Bertz CT molecular complexity index is 2960. The highest BCUT2D eigenvalue weighted by Crippen LogP contribution is 2.45. The zero-order valence-corrected chi connectivity index (χ0v) is 29.9. The van der Waals surface area contributed by atoms with Crippen LogP contribution in [0.4, 0.5) is 11.4 Å². The number of aromatic carboxylic acids is 1. The van der Waals surface area contributed by atoms with E-state index in [-0.39, 0.29) is 65.1 Å². The number of aromatic hydroxyl groups is 1. The molecule has 1 aliphatic heterocycles. The first kappa shape index (κ1) is 36.2. The van der Waals surface area contributed by atoms with Crippen LogP contribution in [0.5, 0.6) is 5.75 Å². The van der Waals surface area contributed by atoms with Crippen LogP contribution in [0, 0.1) is 0 Å². The molecule has 8 rings (SSSR count). The number of nitrogens with one attached hydrogen (secondary N) is 2. The fourth-order valence-corrected chi connectivity index (χ4v) is 7.32. The van der Waals surface area contributed by atoms with Crippen molar-refractivity contribution in [1.29, 1.82) is 0 Å². The summed E-state index contributed by atoms with van der Waals surface area (Å²) in [7, 11) is 0. The molecule has 1 aliphatic carbocycles. The lowest BCUT2D eigenvalue weighted by Crippen LogP contribution is -2.15. The molecule has 6 N–H and O–H groups in total. The van der Waals surface area contributed by atoms with Crippen molar-refractivity contribution < 1.29 is 39.2 Å². The highest BCUT2D eigenvalue weighted by molar-refractivity contribution is 6.08. The molecule has 0 bridgehead atoms. The van der Waals surface area contributed by atoms with E-state index in [0.717, 1.165) is 0 Å². The van der Waals surface area contributed by atoms with Gasteiger partial charge in [-0.25, -0.2) is 4.79 Å².